The molecule has 1 aromatic rings. The van der Waals surface area contributed by atoms with Crippen LogP contribution in [0.15, 0.2) is 24.3 Å². The van der Waals surface area contributed by atoms with E-state index >= 15 is 0 Å². The molecule has 0 amide bonds. The van der Waals surface area contributed by atoms with Crippen molar-refractivity contribution in [1.29, 1.82) is 0 Å². The fraction of sp³-hybridized carbons (Fsp3) is 0.700. The Balaban J connectivity index is 2.23. The summed E-state index contributed by atoms with van der Waals surface area (Å²) >= 11 is 0. The zero-order valence-electron chi connectivity index (χ0n) is 14.6. The number of rotatable bonds is 6. The van der Waals surface area contributed by atoms with E-state index in [-0.39, 0.29) is 5.41 Å². The topological polar surface area (TPSA) is 0 Å². The van der Waals surface area contributed by atoms with Gasteiger partial charge in [0, 0.05) is 0 Å². The molecule has 0 unspecified atom stereocenters. The lowest BCUT2D eigenvalue weighted by atomic mass is 9.86. The molecule has 0 aliphatic carbocycles. The van der Waals surface area contributed by atoms with E-state index in [0.29, 0.717) is 5.41 Å². The van der Waals surface area contributed by atoms with Crippen molar-refractivity contribution in [3.63, 3.8) is 0 Å². The zero-order chi connectivity index (χ0) is 15.2. The van der Waals surface area contributed by atoms with Gasteiger partial charge in [-0.2, -0.15) is 0 Å². The zero-order valence-corrected chi connectivity index (χ0v) is 14.6. The molecular formula is C20H34. The minimum absolute atomic E-state index is 0.269. The quantitative estimate of drug-likeness (QED) is 0.518. The molecule has 0 aromatic heterocycles. The molecule has 0 saturated heterocycles. The van der Waals surface area contributed by atoms with Crippen molar-refractivity contribution in [3.05, 3.63) is 35.4 Å². The van der Waals surface area contributed by atoms with Gasteiger partial charge in [-0.15, -0.1) is 0 Å². The fourth-order valence-corrected chi connectivity index (χ4v) is 2.51. The summed E-state index contributed by atoms with van der Waals surface area (Å²) in [5.74, 6) is 0. The van der Waals surface area contributed by atoms with Crippen LogP contribution in [0.2, 0.25) is 0 Å². The molecule has 0 aliphatic rings. The first kappa shape index (κ1) is 17.3. The van der Waals surface area contributed by atoms with Crippen LogP contribution in [0.3, 0.4) is 0 Å². The summed E-state index contributed by atoms with van der Waals surface area (Å²) < 4.78 is 0. The molecule has 20 heavy (non-hydrogen) atoms. The third kappa shape index (κ3) is 7.12. The van der Waals surface area contributed by atoms with E-state index in [4.69, 9.17) is 0 Å². The van der Waals surface area contributed by atoms with Crippen LogP contribution >= 0.6 is 0 Å². The normalized spacial score (nSPS) is 12.7. The Morgan fingerprint density at radius 2 is 1.25 bits per heavy atom. The molecule has 114 valence electrons. The van der Waals surface area contributed by atoms with Crippen molar-refractivity contribution >= 4 is 0 Å². The van der Waals surface area contributed by atoms with Crippen LogP contribution in [0.5, 0.6) is 0 Å². The highest BCUT2D eigenvalue weighted by Crippen LogP contribution is 2.24. The lowest BCUT2D eigenvalue weighted by Gasteiger charge is -2.19. The van der Waals surface area contributed by atoms with E-state index < -0.39 is 0 Å². The van der Waals surface area contributed by atoms with Gasteiger partial charge < -0.3 is 0 Å². The predicted octanol–water partition coefficient (Wildman–Crippen LogP) is 6.52. The van der Waals surface area contributed by atoms with Crippen LogP contribution in [0.25, 0.3) is 0 Å². The average molecular weight is 274 g/mol. The molecule has 0 N–H and O–H groups in total. The van der Waals surface area contributed by atoms with Gasteiger partial charge in [0.15, 0.2) is 0 Å². The summed E-state index contributed by atoms with van der Waals surface area (Å²) in [6.45, 7) is 13.8. The van der Waals surface area contributed by atoms with Crippen molar-refractivity contribution in [3.8, 4) is 0 Å². The molecule has 0 nitrogen and oxygen atoms in total. The molecule has 0 heteroatoms. The largest absolute Gasteiger partial charge is 0.0602 e. The standard InChI is InChI=1S/C20H34/c1-19(2,3)16-10-8-7-9-11-17-12-14-18(15-13-17)20(4,5)6/h12-15H,7-11,16H2,1-6H3. The second kappa shape index (κ2) is 7.29. The van der Waals surface area contributed by atoms with Gasteiger partial charge in [-0.05, 0) is 41.2 Å². The second-order valence-electron chi connectivity index (χ2n) is 8.42. The first-order chi connectivity index (χ1) is 9.18. The molecule has 0 bridgehead atoms. The number of aryl methyl sites for hydroxylation is 1. The highest BCUT2D eigenvalue weighted by molar-refractivity contribution is 5.27. The number of hydrogen-bond donors (Lipinski definition) is 0. The Hall–Kier alpha value is -0.780. The SMILES string of the molecule is CC(C)(C)CCCCCCc1ccc(C(C)(C)C)cc1. The van der Waals surface area contributed by atoms with Crippen LogP contribution in [0, 0.1) is 5.41 Å². The van der Waals surface area contributed by atoms with E-state index in [1.807, 2.05) is 0 Å². The summed E-state index contributed by atoms with van der Waals surface area (Å²) in [5, 5.41) is 0. The minimum Gasteiger partial charge on any atom is -0.0602 e. The molecule has 0 heterocycles. The van der Waals surface area contributed by atoms with Gasteiger partial charge in [0.25, 0.3) is 0 Å². The maximum atomic E-state index is 2.34. The molecule has 1 aromatic carbocycles. The molecule has 0 saturated carbocycles. The first-order valence-electron chi connectivity index (χ1n) is 8.28. The highest BCUT2D eigenvalue weighted by Gasteiger charge is 2.12. The third-order valence-electron chi connectivity index (χ3n) is 3.96. The van der Waals surface area contributed by atoms with Crippen molar-refractivity contribution in [2.24, 2.45) is 5.41 Å². The lowest BCUT2D eigenvalue weighted by molar-refractivity contribution is 0.357. The molecule has 0 fully saturated rings. The average Bonchev–Trinajstić information content (AvgIpc) is 2.32. The van der Waals surface area contributed by atoms with Gasteiger partial charge in [0.05, 0.1) is 0 Å². The number of benzene rings is 1. The van der Waals surface area contributed by atoms with Gasteiger partial charge in [-0.3, -0.25) is 0 Å². The molecule has 0 aliphatic heterocycles. The molecule has 0 radical (unpaired) electrons. The summed E-state index contributed by atoms with van der Waals surface area (Å²) in [5.41, 5.74) is 3.70. The van der Waals surface area contributed by atoms with Crippen LogP contribution in [-0.4, -0.2) is 0 Å². The minimum atomic E-state index is 0.269. The van der Waals surface area contributed by atoms with Crippen LogP contribution < -0.4 is 0 Å². The fourth-order valence-electron chi connectivity index (χ4n) is 2.51. The highest BCUT2D eigenvalue weighted by atomic mass is 14.2. The van der Waals surface area contributed by atoms with Crippen LogP contribution in [0.4, 0.5) is 0 Å². The van der Waals surface area contributed by atoms with Gasteiger partial charge >= 0.3 is 0 Å². The first-order valence-corrected chi connectivity index (χ1v) is 8.28. The maximum absolute atomic E-state index is 2.34. The summed E-state index contributed by atoms with van der Waals surface area (Å²) in [6.07, 6.45) is 8.06. The van der Waals surface area contributed by atoms with Gasteiger partial charge in [-0.25, -0.2) is 0 Å². The Morgan fingerprint density at radius 3 is 1.75 bits per heavy atom. The predicted molar refractivity (Wildman–Crippen MR) is 91.4 cm³/mol. The summed E-state index contributed by atoms with van der Waals surface area (Å²) in [4.78, 5) is 0. The molecule has 0 spiro atoms. The molecular weight excluding hydrogens is 240 g/mol. The van der Waals surface area contributed by atoms with Gasteiger partial charge in [0.2, 0.25) is 0 Å². The Kier molecular flexibility index (Phi) is 6.30. The summed E-state index contributed by atoms with van der Waals surface area (Å²) in [6, 6.07) is 9.23. The Bertz CT molecular complexity index is 370. The number of hydrogen-bond acceptors (Lipinski definition) is 0. The third-order valence-corrected chi connectivity index (χ3v) is 3.96. The van der Waals surface area contributed by atoms with E-state index in [9.17, 15) is 0 Å². The van der Waals surface area contributed by atoms with E-state index in [1.54, 1.807) is 0 Å². The monoisotopic (exact) mass is 274 g/mol. The van der Waals surface area contributed by atoms with E-state index in [1.165, 1.54) is 49.7 Å². The van der Waals surface area contributed by atoms with Crippen LogP contribution in [0.1, 0.15) is 84.8 Å². The molecule has 1 rings (SSSR count). The van der Waals surface area contributed by atoms with Crippen LogP contribution in [-0.2, 0) is 11.8 Å². The Morgan fingerprint density at radius 1 is 0.700 bits per heavy atom. The molecule has 0 atom stereocenters. The number of unbranched alkanes of at least 4 members (excludes halogenated alkanes) is 3. The Labute approximate surface area is 127 Å². The van der Waals surface area contributed by atoms with Crippen molar-refractivity contribution in [2.75, 3.05) is 0 Å². The van der Waals surface area contributed by atoms with Crippen molar-refractivity contribution in [2.45, 2.75) is 85.5 Å². The van der Waals surface area contributed by atoms with E-state index in [2.05, 4.69) is 65.8 Å². The smallest absolute Gasteiger partial charge is 0.0132 e. The van der Waals surface area contributed by atoms with Crippen molar-refractivity contribution in [1.82, 2.24) is 0 Å². The maximum Gasteiger partial charge on any atom is -0.0132 e. The van der Waals surface area contributed by atoms with E-state index in [0.717, 1.165) is 0 Å². The lowest BCUT2D eigenvalue weighted by Crippen LogP contribution is -2.10. The van der Waals surface area contributed by atoms with Crippen molar-refractivity contribution < 1.29 is 0 Å². The van der Waals surface area contributed by atoms with Gasteiger partial charge in [0.1, 0.15) is 0 Å². The van der Waals surface area contributed by atoms with Gasteiger partial charge in [-0.1, -0.05) is 85.1 Å². The second-order valence-corrected chi connectivity index (χ2v) is 8.42. The summed E-state index contributed by atoms with van der Waals surface area (Å²) in [7, 11) is 0.